The Labute approximate surface area is 100 Å². The monoisotopic (exact) mass is 233 g/mol. The molecule has 1 aromatic rings. The Morgan fingerprint density at radius 3 is 2.76 bits per heavy atom. The van der Waals surface area contributed by atoms with Crippen molar-refractivity contribution >= 4 is 11.6 Å². The van der Waals surface area contributed by atoms with Crippen LogP contribution >= 0.6 is 0 Å². The van der Waals surface area contributed by atoms with Crippen molar-refractivity contribution in [3.8, 4) is 5.75 Å². The third-order valence-corrected chi connectivity index (χ3v) is 3.37. The van der Waals surface area contributed by atoms with Gasteiger partial charge in [0.15, 0.2) is 6.61 Å². The molecule has 1 aromatic carbocycles. The van der Waals surface area contributed by atoms with Crippen LogP contribution in [0.3, 0.4) is 0 Å². The SMILES string of the molecule is CN1C(=O)COc2ccc(C3OC3(C)C)cc21. The Hall–Kier alpha value is -1.55. The highest BCUT2D eigenvalue weighted by Gasteiger charge is 2.49. The quantitative estimate of drug-likeness (QED) is 0.696. The third-order valence-electron chi connectivity index (χ3n) is 3.37. The smallest absolute Gasteiger partial charge is 0.264 e. The second kappa shape index (κ2) is 3.23. The van der Waals surface area contributed by atoms with Gasteiger partial charge < -0.3 is 14.4 Å². The highest BCUT2D eigenvalue weighted by molar-refractivity contribution is 5.97. The number of anilines is 1. The number of ether oxygens (including phenoxy) is 2. The second-order valence-electron chi connectivity index (χ2n) is 5.07. The van der Waals surface area contributed by atoms with Crippen molar-refractivity contribution in [1.29, 1.82) is 0 Å². The van der Waals surface area contributed by atoms with E-state index in [0.717, 1.165) is 17.0 Å². The average molecular weight is 233 g/mol. The lowest BCUT2D eigenvalue weighted by Gasteiger charge is -2.26. The number of hydrogen-bond donors (Lipinski definition) is 0. The summed E-state index contributed by atoms with van der Waals surface area (Å²) in [6.07, 6.45) is 0.123. The molecule has 90 valence electrons. The zero-order valence-electron chi connectivity index (χ0n) is 10.2. The van der Waals surface area contributed by atoms with E-state index in [1.165, 1.54) is 0 Å². The first-order valence-corrected chi connectivity index (χ1v) is 5.70. The molecule has 0 bridgehead atoms. The van der Waals surface area contributed by atoms with Crippen LogP contribution in [0, 0.1) is 0 Å². The lowest BCUT2D eigenvalue weighted by Crippen LogP contribution is -2.35. The molecule has 0 aromatic heterocycles. The first-order chi connectivity index (χ1) is 7.99. The van der Waals surface area contributed by atoms with Gasteiger partial charge in [0.25, 0.3) is 5.91 Å². The van der Waals surface area contributed by atoms with Crippen molar-refractivity contribution in [2.75, 3.05) is 18.6 Å². The van der Waals surface area contributed by atoms with Gasteiger partial charge in [-0.3, -0.25) is 4.79 Å². The number of amides is 1. The van der Waals surface area contributed by atoms with Gasteiger partial charge in [-0.2, -0.15) is 0 Å². The number of likely N-dealkylation sites (N-methyl/N-ethyl adjacent to an activating group) is 1. The fraction of sp³-hybridized carbons (Fsp3) is 0.462. The lowest BCUT2D eigenvalue weighted by atomic mass is 10.0. The molecular weight excluding hydrogens is 218 g/mol. The predicted octanol–water partition coefficient (Wildman–Crippen LogP) is 1.89. The molecule has 1 unspecified atom stereocenters. The van der Waals surface area contributed by atoms with Gasteiger partial charge in [0.05, 0.1) is 11.3 Å². The van der Waals surface area contributed by atoms with Gasteiger partial charge in [-0.05, 0) is 31.5 Å². The van der Waals surface area contributed by atoms with Gasteiger partial charge in [0.1, 0.15) is 11.9 Å². The highest BCUT2D eigenvalue weighted by atomic mass is 16.6. The van der Waals surface area contributed by atoms with E-state index >= 15 is 0 Å². The van der Waals surface area contributed by atoms with Crippen molar-refractivity contribution in [2.24, 2.45) is 0 Å². The summed E-state index contributed by atoms with van der Waals surface area (Å²) in [6, 6.07) is 5.89. The summed E-state index contributed by atoms with van der Waals surface area (Å²) in [5.41, 5.74) is 1.83. The number of epoxide rings is 1. The number of hydrogen-bond acceptors (Lipinski definition) is 3. The Bertz CT molecular complexity index is 495. The number of fused-ring (bicyclic) bond motifs is 1. The zero-order valence-corrected chi connectivity index (χ0v) is 10.2. The minimum atomic E-state index is -0.0909. The minimum absolute atomic E-state index is 0.0226. The average Bonchev–Trinajstić information content (AvgIpc) is 2.93. The van der Waals surface area contributed by atoms with Crippen molar-refractivity contribution < 1.29 is 14.3 Å². The van der Waals surface area contributed by atoms with Crippen LogP contribution < -0.4 is 9.64 Å². The standard InChI is InChI=1S/C13H15NO3/c1-13(2)12(17-13)8-4-5-10-9(6-8)14(3)11(15)7-16-10/h4-6,12H,7H2,1-3H3. The first kappa shape index (κ1) is 10.6. The molecule has 0 spiro atoms. The van der Waals surface area contributed by atoms with E-state index in [1.807, 2.05) is 18.2 Å². The van der Waals surface area contributed by atoms with Gasteiger partial charge in [0, 0.05) is 7.05 Å². The summed E-state index contributed by atoms with van der Waals surface area (Å²) < 4.78 is 11.0. The normalized spacial score (nSPS) is 25.2. The molecule has 0 N–H and O–H groups in total. The summed E-state index contributed by atoms with van der Waals surface area (Å²) in [5, 5.41) is 0. The Morgan fingerprint density at radius 2 is 2.12 bits per heavy atom. The fourth-order valence-electron chi connectivity index (χ4n) is 2.19. The van der Waals surface area contributed by atoms with Crippen LogP contribution in [0.1, 0.15) is 25.5 Å². The number of nitrogens with zero attached hydrogens (tertiary/aromatic N) is 1. The Morgan fingerprint density at radius 1 is 1.41 bits per heavy atom. The maximum atomic E-state index is 11.6. The van der Waals surface area contributed by atoms with Crippen LogP contribution in [0.2, 0.25) is 0 Å². The molecular formula is C13H15NO3. The summed E-state index contributed by atoms with van der Waals surface area (Å²) in [7, 11) is 1.77. The van der Waals surface area contributed by atoms with Crippen LogP contribution in [0.4, 0.5) is 5.69 Å². The first-order valence-electron chi connectivity index (χ1n) is 5.70. The van der Waals surface area contributed by atoms with Gasteiger partial charge in [-0.1, -0.05) is 6.07 Å². The van der Waals surface area contributed by atoms with Crippen LogP contribution in [-0.2, 0) is 9.53 Å². The van der Waals surface area contributed by atoms with E-state index in [4.69, 9.17) is 9.47 Å². The summed E-state index contributed by atoms with van der Waals surface area (Å²) >= 11 is 0. The van der Waals surface area contributed by atoms with Gasteiger partial charge in [0.2, 0.25) is 0 Å². The molecule has 2 aliphatic rings. The molecule has 3 rings (SSSR count). The summed E-state index contributed by atoms with van der Waals surface area (Å²) in [6.45, 7) is 4.24. The maximum absolute atomic E-state index is 11.6. The Balaban J connectivity index is 1.98. The third kappa shape index (κ3) is 1.60. The van der Waals surface area contributed by atoms with Crippen molar-refractivity contribution in [1.82, 2.24) is 0 Å². The van der Waals surface area contributed by atoms with Crippen molar-refractivity contribution in [3.05, 3.63) is 23.8 Å². The van der Waals surface area contributed by atoms with Crippen molar-refractivity contribution in [3.63, 3.8) is 0 Å². The van der Waals surface area contributed by atoms with E-state index in [1.54, 1.807) is 11.9 Å². The Kier molecular flexibility index (Phi) is 2.01. The maximum Gasteiger partial charge on any atom is 0.264 e. The van der Waals surface area contributed by atoms with Gasteiger partial charge >= 0.3 is 0 Å². The second-order valence-corrected chi connectivity index (χ2v) is 5.07. The highest BCUT2D eigenvalue weighted by Crippen LogP contribution is 2.50. The van der Waals surface area contributed by atoms with Crippen LogP contribution in [0.25, 0.3) is 0 Å². The largest absolute Gasteiger partial charge is 0.482 e. The summed E-state index contributed by atoms with van der Waals surface area (Å²) in [5.74, 6) is 0.736. The molecule has 4 nitrogen and oxygen atoms in total. The number of rotatable bonds is 1. The molecule has 2 aliphatic heterocycles. The van der Waals surface area contributed by atoms with Crippen molar-refractivity contribution in [2.45, 2.75) is 25.6 Å². The van der Waals surface area contributed by atoms with E-state index in [-0.39, 0.29) is 24.2 Å². The van der Waals surface area contributed by atoms with Crippen LogP contribution in [-0.4, -0.2) is 25.2 Å². The molecule has 1 atom stereocenters. The van der Waals surface area contributed by atoms with E-state index in [2.05, 4.69) is 13.8 Å². The van der Waals surface area contributed by atoms with Gasteiger partial charge in [-0.25, -0.2) is 0 Å². The fourth-order valence-corrected chi connectivity index (χ4v) is 2.19. The molecule has 0 saturated carbocycles. The topological polar surface area (TPSA) is 42.1 Å². The van der Waals surface area contributed by atoms with Crippen LogP contribution in [0.5, 0.6) is 5.75 Å². The lowest BCUT2D eigenvalue weighted by molar-refractivity contribution is -0.120. The van der Waals surface area contributed by atoms with E-state index in [9.17, 15) is 4.79 Å². The molecule has 17 heavy (non-hydrogen) atoms. The van der Waals surface area contributed by atoms with E-state index in [0.29, 0.717) is 0 Å². The zero-order chi connectivity index (χ0) is 12.2. The van der Waals surface area contributed by atoms with Gasteiger partial charge in [-0.15, -0.1) is 0 Å². The molecule has 1 saturated heterocycles. The predicted molar refractivity (Wildman–Crippen MR) is 63.3 cm³/mol. The molecule has 1 fully saturated rings. The molecule has 4 heteroatoms. The molecule has 1 amide bonds. The summed E-state index contributed by atoms with van der Waals surface area (Å²) in [4.78, 5) is 13.2. The molecule has 0 aliphatic carbocycles. The minimum Gasteiger partial charge on any atom is -0.482 e. The number of carbonyl (C=O) groups excluding carboxylic acids is 1. The van der Waals surface area contributed by atoms with E-state index < -0.39 is 0 Å². The number of carbonyl (C=O) groups is 1. The molecule has 2 heterocycles. The van der Waals surface area contributed by atoms with Crippen LogP contribution in [0.15, 0.2) is 18.2 Å². The number of benzene rings is 1. The molecule has 0 radical (unpaired) electrons.